The summed E-state index contributed by atoms with van der Waals surface area (Å²) in [6, 6.07) is 8.78. The molecule has 1 amide bonds. The van der Waals surface area contributed by atoms with Crippen molar-refractivity contribution in [3.63, 3.8) is 0 Å². The van der Waals surface area contributed by atoms with E-state index in [2.05, 4.69) is 25.4 Å². The Kier molecular flexibility index (Phi) is 3.38. The second-order valence-electron chi connectivity index (χ2n) is 4.36. The number of anilines is 1. The van der Waals surface area contributed by atoms with E-state index in [0.717, 1.165) is 11.4 Å². The molecule has 0 fully saturated rings. The summed E-state index contributed by atoms with van der Waals surface area (Å²) in [5.41, 5.74) is 1.91. The van der Waals surface area contributed by atoms with Crippen molar-refractivity contribution in [2.45, 2.75) is 6.92 Å². The number of pyridine rings is 2. The van der Waals surface area contributed by atoms with Gasteiger partial charge in [-0.2, -0.15) is 5.10 Å². The topological polar surface area (TPSA) is 85.6 Å². The highest BCUT2D eigenvalue weighted by molar-refractivity contribution is 6.02. The summed E-state index contributed by atoms with van der Waals surface area (Å²) in [6.45, 7) is 1.84. The Morgan fingerprint density at radius 1 is 1.24 bits per heavy atom. The molecule has 3 heterocycles. The van der Waals surface area contributed by atoms with E-state index in [1.807, 2.05) is 13.0 Å². The first-order valence-corrected chi connectivity index (χ1v) is 6.28. The highest BCUT2D eigenvalue weighted by atomic mass is 16.1. The lowest BCUT2D eigenvalue weighted by Crippen LogP contribution is -2.15. The number of nitrogens with one attached hydrogen (secondary N) is 1. The number of carbonyl (C=O) groups is 1. The SMILES string of the molecule is Cc1cccc(C(=O)Nc2ccc(-n3cncn3)cn2)n1. The average molecular weight is 280 g/mol. The van der Waals surface area contributed by atoms with Crippen molar-refractivity contribution in [2.24, 2.45) is 0 Å². The standard InChI is InChI=1S/C14H12N6O/c1-10-3-2-4-12(18-10)14(21)19-13-6-5-11(7-16-13)20-9-15-8-17-20/h2-9H,1H3,(H,16,19,21). The third-order valence-electron chi connectivity index (χ3n) is 2.79. The number of hydrogen-bond donors (Lipinski definition) is 1. The molecule has 7 nitrogen and oxygen atoms in total. The quantitative estimate of drug-likeness (QED) is 0.788. The molecule has 0 aliphatic carbocycles. The summed E-state index contributed by atoms with van der Waals surface area (Å²) in [6.07, 6.45) is 4.62. The Bertz CT molecular complexity index is 751. The van der Waals surface area contributed by atoms with Crippen molar-refractivity contribution in [2.75, 3.05) is 5.32 Å². The van der Waals surface area contributed by atoms with Crippen molar-refractivity contribution in [1.82, 2.24) is 24.7 Å². The van der Waals surface area contributed by atoms with Crippen LogP contribution in [0.4, 0.5) is 5.82 Å². The summed E-state index contributed by atoms with van der Waals surface area (Å²) >= 11 is 0. The van der Waals surface area contributed by atoms with Crippen LogP contribution in [0.5, 0.6) is 0 Å². The first-order valence-electron chi connectivity index (χ1n) is 6.28. The van der Waals surface area contributed by atoms with Crippen molar-refractivity contribution in [3.8, 4) is 5.69 Å². The monoisotopic (exact) mass is 280 g/mol. The zero-order valence-corrected chi connectivity index (χ0v) is 11.3. The first kappa shape index (κ1) is 12.9. The lowest BCUT2D eigenvalue weighted by molar-refractivity contribution is 0.102. The molecule has 104 valence electrons. The van der Waals surface area contributed by atoms with Gasteiger partial charge >= 0.3 is 0 Å². The number of nitrogens with zero attached hydrogens (tertiary/aromatic N) is 5. The predicted molar refractivity (Wildman–Crippen MR) is 76.1 cm³/mol. The first-order chi connectivity index (χ1) is 10.2. The summed E-state index contributed by atoms with van der Waals surface area (Å²) in [4.78, 5) is 24.2. The van der Waals surface area contributed by atoms with Crippen LogP contribution in [0, 0.1) is 6.92 Å². The summed E-state index contributed by atoms with van der Waals surface area (Å²) < 4.78 is 1.58. The molecule has 0 spiro atoms. The molecule has 0 atom stereocenters. The van der Waals surface area contributed by atoms with Gasteiger partial charge in [0.1, 0.15) is 24.2 Å². The van der Waals surface area contributed by atoms with E-state index < -0.39 is 0 Å². The minimum Gasteiger partial charge on any atom is -0.305 e. The smallest absolute Gasteiger partial charge is 0.275 e. The van der Waals surface area contributed by atoms with Gasteiger partial charge in [-0.25, -0.2) is 19.6 Å². The van der Waals surface area contributed by atoms with E-state index in [9.17, 15) is 4.79 Å². The van der Waals surface area contributed by atoms with Crippen molar-refractivity contribution in [3.05, 3.63) is 60.6 Å². The largest absolute Gasteiger partial charge is 0.305 e. The van der Waals surface area contributed by atoms with Gasteiger partial charge in [-0.1, -0.05) is 6.07 Å². The van der Waals surface area contributed by atoms with Gasteiger partial charge in [0.2, 0.25) is 0 Å². The van der Waals surface area contributed by atoms with Crippen LogP contribution in [0.1, 0.15) is 16.2 Å². The number of aryl methyl sites for hydroxylation is 1. The fraction of sp³-hybridized carbons (Fsp3) is 0.0714. The second kappa shape index (κ2) is 5.49. The van der Waals surface area contributed by atoms with E-state index >= 15 is 0 Å². The molecule has 0 radical (unpaired) electrons. The lowest BCUT2D eigenvalue weighted by atomic mass is 10.3. The fourth-order valence-electron chi connectivity index (χ4n) is 1.79. The van der Waals surface area contributed by atoms with E-state index in [0.29, 0.717) is 11.5 Å². The highest BCUT2D eigenvalue weighted by Crippen LogP contribution is 2.09. The minimum atomic E-state index is -0.292. The van der Waals surface area contributed by atoms with Crippen LogP contribution in [0.3, 0.4) is 0 Å². The van der Waals surface area contributed by atoms with Gasteiger partial charge in [0.15, 0.2) is 0 Å². The van der Waals surface area contributed by atoms with E-state index in [1.54, 1.807) is 41.5 Å². The molecule has 0 bridgehead atoms. The molecule has 0 unspecified atom stereocenters. The van der Waals surface area contributed by atoms with Gasteiger partial charge in [-0.15, -0.1) is 0 Å². The number of carbonyl (C=O) groups excluding carboxylic acids is 1. The Hall–Kier alpha value is -3.09. The number of aromatic nitrogens is 5. The predicted octanol–water partition coefficient (Wildman–Crippen LogP) is 1.62. The van der Waals surface area contributed by atoms with Crippen LogP contribution in [-0.2, 0) is 0 Å². The highest BCUT2D eigenvalue weighted by Gasteiger charge is 2.08. The number of amides is 1. The fourth-order valence-corrected chi connectivity index (χ4v) is 1.79. The maximum absolute atomic E-state index is 12.0. The van der Waals surface area contributed by atoms with Gasteiger partial charge in [-0.05, 0) is 31.2 Å². The van der Waals surface area contributed by atoms with Crippen LogP contribution >= 0.6 is 0 Å². The lowest BCUT2D eigenvalue weighted by Gasteiger charge is -2.05. The molecule has 1 N–H and O–H groups in total. The van der Waals surface area contributed by atoms with Crippen molar-refractivity contribution in [1.29, 1.82) is 0 Å². The maximum atomic E-state index is 12.0. The molecule has 0 aliphatic heterocycles. The third kappa shape index (κ3) is 2.92. The number of rotatable bonds is 3. The zero-order valence-electron chi connectivity index (χ0n) is 11.3. The van der Waals surface area contributed by atoms with E-state index in [1.165, 1.54) is 6.33 Å². The molecule has 0 aromatic carbocycles. The molecule has 0 aliphatic rings. The Morgan fingerprint density at radius 2 is 2.14 bits per heavy atom. The average Bonchev–Trinajstić information content (AvgIpc) is 3.02. The van der Waals surface area contributed by atoms with E-state index in [4.69, 9.17) is 0 Å². The summed E-state index contributed by atoms with van der Waals surface area (Å²) in [7, 11) is 0. The molecule has 0 saturated carbocycles. The zero-order chi connectivity index (χ0) is 14.7. The second-order valence-corrected chi connectivity index (χ2v) is 4.36. The Morgan fingerprint density at radius 3 is 2.81 bits per heavy atom. The van der Waals surface area contributed by atoms with Crippen molar-refractivity contribution < 1.29 is 4.79 Å². The van der Waals surface area contributed by atoms with Crippen LogP contribution in [0.15, 0.2) is 49.2 Å². The van der Waals surface area contributed by atoms with Crippen LogP contribution in [0.2, 0.25) is 0 Å². The molecule has 0 saturated heterocycles. The van der Waals surface area contributed by atoms with Crippen LogP contribution in [0.25, 0.3) is 5.69 Å². The van der Waals surface area contributed by atoms with Gasteiger partial charge in [-0.3, -0.25) is 4.79 Å². The normalized spacial score (nSPS) is 10.3. The van der Waals surface area contributed by atoms with Gasteiger partial charge < -0.3 is 5.32 Å². The third-order valence-corrected chi connectivity index (χ3v) is 2.79. The van der Waals surface area contributed by atoms with Gasteiger partial charge in [0.25, 0.3) is 5.91 Å². The molecular weight excluding hydrogens is 268 g/mol. The maximum Gasteiger partial charge on any atom is 0.275 e. The molecule has 3 rings (SSSR count). The summed E-state index contributed by atoms with van der Waals surface area (Å²) in [5, 5.41) is 6.70. The molecule has 3 aromatic rings. The Balaban J connectivity index is 1.75. The summed E-state index contributed by atoms with van der Waals surface area (Å²) in [5.74, 6) is 0.159. The molecule has 21 heavy (non-hydrogen) atoms. The molecule has 7 heteroatoms. The van der Waals surface area contributed by atoms with Crippen LogP contribution in [-0.4, -0.2) is 30.6 Å². The number of hydrogen-bond acceptors (Lipinski definition) is 5. The van der Waals surface area contributed by atoms with Gasteiger partial charge in [0, 0.05) is 5.69 Å². The Labute approximate surface area is 120 Å². The van der Waals surface area contributed by atoms with Gasteiger partial charge in [0.05, 0.1) is 11.9 Å². The van der Waals surface area contributed by atoms with Crippen molar-refractivity contribution >= 4 is 11.7 Å². The van der Waals surface area contributed by atoms with Crippen LogP contribution < -0.4 is 5.32 Å². The van der Waals surface area contributed by atoms with E-state index in [-0.39, 0.29) is 5.91 Å². The minimum absolute atomic E-state index is 0.292. The molecule has 3 aromatic heterocycles. The molecular formula is C14H12N6O.